The number of benzene rings is 1. The van der Waals surface area contributed by atoms with Gasteiger partial charge in [0.15, 0.2) is 0 Å². The molecule has 0 amide bonds. The number of anilines is 1. The predicted molar refractivity (Wildman–Crippen MR) is 84.0 cm³/mol. The smallest absolute Gasteiger partial charge is 0.142 e. The number of pyridine rings is 1. The maximum Gasteiger partial charge on any atom is 0.142 e. The molecule has 0 unspecified atom stereocenters. The molecule has 0 saturated carbocycles. The van der Waals surface area contributed by atoms with Crippen LogP contribution in [0.3, 0.4) is 0 Å². The molecule has 0 bridgehead atoms. The van der Waals surface area contributed by atoms with Crippen molar-refractivity contribution in [1.82, 2.24) is 4.98 Å². The summed E-state index contributed by atoms with van der Waals surface area (Å²) in [6.07, 6.45) is 1.73. The Bertz CT molecular complexity index is 666. The topological polar surface area (TPSA) is 49.2 Å². The van der Waals surface area contributed by atoms with Crippen LogP contribution >= 0.6 is 15.9 Å². The van der Waals surface area contributed by atoms with Gasteiger partial charge in [-0.1, -0.05) is 28.1 Å². The summed E-state index contributed by atoms with van der Waals surface area (Å²) >= 11 is 3.45. The number of morpholine rings is 1. The standard InChI is InChI=1S/C16H14BrN3O/c17-13-3-1-12(2-4-13)16-11-20(7-8-21-16)15-5-6-19-14(9-15)10-18/h1-6,9,16H,7-8,11H2/t16-/m0/s1. The van der Waals surface area contributed by atoms with E-state index in [1.165, 1.54) is 0 Å². The van der Waals surface area contributed by atoms with Crippen LogP contribution in [0.15, 0.2) is 47.1 Å². The van der Waals surface area contributed by atoms with Gasteiger partial charge < -0.3 is 9.64 Å². The van der Waals surface area contributed by atoms with Crippen LogP contribution in [0.4, 0.5) is 5.69 Å². The minimum Gasteiger partial charge on any atom is -0.370 e. The monoisotopic (exact) mass is 343 g/mol. The van der Waals surface area contributed by atoms with E-state index >= 15 is 0 Å². The lowest BCUT2D eigenvalue weighted by Crippen LogP contribution is -2.38. The summed E-state index contributed by atoms with van der Waals surface area (Å²) < 4.78 is 6.94. The van der Waals surface area contributed by atoms with Crippen LogP contribution in [0, 0.1) is 11.3 Å². The summed E-state index contributed by atoms with van der Waals surface area (Å²) in [4.78, 5) is 6.25. The van der Waals surface area contributed by atoms with E-state index in [1.807, 2.05) is 24.3 Å². The van der Waals surface area contributed by atoms with E-state index in [9.17, 15) is 0 Å². The van der Waals surface area contributed by atoms with Crippen LogP contribution in [0.2, 0.25) is 0 Å². The summed E-state index contributed by atoms with van der Waals surface area (Å²) in [6.45, 7) is 2.27. The Balaban J connectivity index is 1.79. The van der Waals surface area contributed by atoms with Gasteiger partial charge in [-0.15, -0.1) is 0 Å². The molecule has 5 heteroatoms. The van der Waals surface area contributed by atoms with Crippen molar-refractivity contribution in [1.29, 1.82) is 5.26 Å². The zero-order valence-corrected chi connectivity index (χ0v) is 13.0. The van der Waals surface area contributed by atoms with Gasteiger partial charge in [0.05, 0.1) is 6.61 Å². The molecule has 2 aromatic rings. The molecule has 0 aliphatic carbocycles. The van der Waals surface area contributed by atoms with Gasteiger partial charge in [0, 0.05) is 29.4 Å². The van der Waals surface area contributed by atoms with Crippen molar-refractivity contribution < 1.29 is 4.74 Å². The Hall–Kier alpha value is -1.90. The SMILES string of the molecule is N#Cc1cc(N2CCO[C@H](c3ccc(Br)cc3)C2)ccn1. The van der Waals surface area contributed by atoms with E-state index < -0.39 is 0 Å². The fraction of sp³-hybridized carbons (Fsp3) is 0.250. The minimum absolute atomic E-state index is 0.0468. The Morgan fingerprint density at radius 3 is 2.86 bits per heavy atom. The maximum atomic E-state index is 8.96. The van der Waals surface area contributed by atoms with Crippen molar-refractivity contribution in [2.75, 3.05) is 24.6 Å². The predicted octanol–water partition coefficient (Wildman–Crippen LogP) is 3.29. The van der Waals surface area contributed by atoms with Gasteiger partial charge in [-0.05, 0) is 29.8 Å². The third-order valence-corrected chi connectivity index (χ3v) is 4.06. The number of halogens is 1. The quantitative estimate of drug-likeness (QED) is 0.839. The summed E-state index contributed by atoms with van der Waals surface area (Å²) in [5.74, 6) is 0. The molecule has 1 aromatic heterocycles. The zero-order chi connectivity index (χ0) is 14.7. The average molecular weight is 344 g/mol. The molecule has 106 valence electrons. The van der Waals surface area contributed by atoms with Gasteiger partial charge >= 0.3 is 0 Å². The number of rotatable bonds is 2. The third-order valence-electron chi connectivity index (χ3n) is 3.53. The summed E-state index contributed by atoms with van der Waals surface area (Å²) in [6, 6.07) is 14.0. The molecule has 1 saturated heterocycles. The highest BCUT2D eigenvalue weighted by Crippen LogP contribution is 2.27. The highest BCUT2D eigenvalue weighted by atomic mass is 79.9. The molecule has 21 heavy (non-hydrogen) atoms. The number of aromatic nitrogens is 1. The number of ether oxygens (including phenoxy) is 1. The van der Waals surface area contributed by atoms with Gasteiger partial charge in [0.1, 0.15) is 17.9 Å². The summed E-state index contributed by atoms with van der Waals surface area (Å²) in [7, 11) is 0. The van der Waals surface area contributed by atoms with E-state index in [1.54, 1.807) is 6.20 Å². The van der Waals surface area contributed by atoms with Crippen molar-refractivity contribution in [2.24, 2.45) is 0 Å². The van der Waals surface area contributed by atoms with Crippen molar-refractivity contribution in [3.05, 3.63) is 58.3 Å². The number of hydrogen-bond acceptors (Lipinski definition) is 4. The molecule has 0 N–H and O–H groups in total. The van der Waals surface area contributed by atoms with Gasteiger partial charge in [-0.2, -0.15) is 5.26 Å². The molecule has 4 nitrogen and oxygen atoms in total. The normalized spacial score (nSPS) is 18.3. The van der Waals surface area contributed by atoms with Crippen LogP contribution < -0.4 is 4.90 Å². The van der Waals surface area contributed by atoms with Crippen LogP contribution in [0.5, 0.6) is 0 Å². The largest absolute Gasteiger partial charge is 0.370 e. The molecule has 1 aromatic carbocycles. The van der Waals surface area contributed by atoms with Crippen molar-refractivity contribution in [3.8, 4) is 6.07 Å². The highest BCUT2D eigenvalue weighted by Gasteiger charge is 2.22. The van der Waals surface area contributed by atoms with E-state index in [0.29, 0.717) is 12.3 Å². The fourth-order valence-electron chi connectivity index (χ4n) is 2.44. The average Bonchev–Trinajstić information content (AvgIpc) is 2.56. The third kappa shape index (κ3) is 3.23. The number of nitriles is 1. The Kier molecular flexibility index (Phi) is 4.18. The Morgan fingerprint density at radius 1 is 1.29 bits per heavy atom. The number of nitrogens with zero attached hydrogens (tertiary/aromatic N) is 3. The fourth-order valence-corrected chi connectivity index (χ4v) is 2.70. The zero-order valence-electron chi connectivity index (χ0n) is 11.4. The van der Waals surface area contributed by atoms with Crippen LogP contribution in [0.1, 0.15) is 17.4 Å². The van der Waals surface area contributed by atoms with Gasteiger partial charge in [-0.25, -0.2) is 4.98 Å². The lowest BCUT2D eigenvalue weighted by Gasteiger charge is -2.34. The molecular formula is C16H14BrN3O. The molecular weight excluding hydrogens is 330 g/mol. The van der Waals surface area contributed by atoms with Crippen molar-refractivity contribution in [3.63, 3.8) is 0 Å². The first kappa shape index (κ1) is 14.1. The van der Waals surface area contributed by atoms with E-state index in [0.717, 1.165) is 28.8 Å². The molecule has 1 aliphatic rings. The van der Waals surface area contributed by atoms with Gasteiger partial charge in [-0.3, -0.25) is 0 Å². The molecule has 3 rings (SSSR count). The van der Waals surface area contributed by atoms with Crippen LogP contribution in [-0.4, -0.2) is 24.7 Å². The number of hydrogen-bond donors (Lipinski definition) is 0. The van der Waals surface area contributed by atoms with Crippen LogP contribution in [0.25, 0.3) is 0 Å². The summed E-state index contributed by atoms with van der Waals surface area (Å²) in [5, 5.41) is 8.96. The first-order chi connectivity index (χ1) is 10.3. The van der Waals surface area contributed by atoms with Gasteiger partial charge in [0.25, 0.3) is 0 Å². The first-order valence-corrected chi connectivity index (χ1v) is 7.54. The Morgan fingerprint density at radius 2 is 2.10 bits per heavy atom. The van der Waals surface area contributed by atoms with Gasteiger partial charge in [0.2, 0.25) is 0 Å². The lowest BCUT2D eigenvalue weighted by molar-refractivity contribution is 0.0398. The van der Waals surface area contributed by atoms with E-state index in [2.05, 4.69) is 44.0 Å². The minimum atomic E-state index is 0.0468. The molecule has 2 heterocycles. The Labute approximate surface area is 132 Å². The molecule has 0 radical (unpaired) electrons. The molecule has 1 atom stereocenters. The van der Waals surface area contributed by atoms with Crippen molar-refractivity contribution in [2.45, 2.75) is 6.10 Å². The lowest BCUT2D eigenvalue weighted by atomic mass is 10.1. The van der Waals surface area contributed by atoms with E-state index in [4.69, 9.17) is 10.00 Å². The van der Waals surface area contributed by atoms with E-state index in [-0.39, 0.29) is 6.10 Å². The maximum absolute atomic E-state index is 8.96. The summed E-state index contributed by atoms with van der Waals surface area (Å²) in [5.41, 5.74) is 2.63. The van der Waals surface area contributed by atoms with Crippen molar-refractivity contribution >= 4 is 21.6 Å². The second-order valence-electron chi connectivity index (χ2n) is 4.87. The second-order valence-corrected chi connectivity index (χ2v) is 5.78. The second kappa shape index (κ2) is 6.25. The first-order valence-electron chi connectivity index (χ1n) is 6.74. The highest BCUT2D eigenvalue weighted by molar-refractivity contribution is 9.10. The molecule has 1 aliphatic heterocycles. The molecule has 1 fully saturated rings. The van der Waals surface area contributed by atoms with Crippen LogP contribution in [-0.2, 0) is 4.74 Å². The molecule has 0 spiro atoms.